The Kier molecular flexibility index (Phi) is 6.30. The average molecular weight is 358 g/mol. The molecule has 1 aliphatic heterocycles. The Bertz CT molecular complexity index is 678. The van der Waals surface area contributed by atoms with Crippen LogP contribution in [0.5, 0.6) is 0 Å². The van der Waals surface area contributed by atoms with Gasteiger partial charge in [0.25, 0.3) is 0 Å². The van der Waals surface area contributed by atoms with Crippen molar-refractivity contribution in [2.45, 2.75) is 38.5 Å². The number of piperidine rings is 1. The Morgan fingerprint density at radius 3 is 2.77 bits per heavy atom. The second-order valence-corrected chi connectivity index (χ2v) is 6.42. The van der Waals surface area contributed by atoms with Crippen molar-refractivity contribution in [3.63, 3.8) is 0 Å². The molecule has 2 atom stereocenters. The number of anilines is 1. The van der Waals surface area contributed by atoms with Gasteiger partial charge < -0.3 is 9.64 Å². The smallest absolute Gasteiger partial charge is 0.227 e. The summed E-state index contributed by atoms with van der Waals surface area (Å²) in [6.07, 6.45) is 2.74. The summed E-state index contributed by atoms with van der Waals surface area (Å²) >= 11 is 0. The predicted octanol–water partition coefficient (Wildman–Crippen LogP) is 1.21. The molecule has 1 saturated heterocycles. The van der Waals surface area contributed by atoms with Crippen molar-refractivity contribution in [3.8, 4) is 0 Å². The number of hydrogen-bond donors (Lipinski definition) is 0. The molecule has 2 unspecified atom stereocenters. The Morgan fingerprint density at radius 2 is 2.12 bits per heavy atom. The van der Waals surface area contributed by atoms with Gasteiger partial charge in [-0.2, -0.15) is 4.80 Å². The van der Waals surface area contributed by atoms with Gasteiger partial charge in [0.1, 0.15) is 0 Å². The first-order valence-corrected chi connectivity index (χ1v) is 9.06. The second kappa shape index (κ2) is 8.86. The number of carbonyl (C=O) groups excluding carboxylic acids is 1. The molecule has 1 aromatic carbocycles. The van der Waals surface area contributed by atoms with E-state index in [2.05, 4.69) is 20.3 Å². The molecule has 0 bridgehead atoms. The van der Waals surface area contributed by atoms with E-state index in [0.29, 0.717) is 13.0 Å². The van der Waals surface area contributed by atoms with Crippen LogP contribution in [0.25, 0.3) is 0 Å². The summed E-state index contributed by atoms with van der Waals surface area (Å²) in [5, 5.41) is 11.7. The van der Waals surface area contributed by atoms with E-state index >= 15 is 0 Å². The summed E-state index contributed by atoms with van der Waals surface area (Å²) < 4.78 is 5.78. The molecule has 1 aromatic heterocycles. The summed E-state index contributed by atoms with van der Waals surface area (Å²) in [4.78, 5) is 18.5. The van der Waals surface area contributed by atoms with Crippen molar-refractivity contribution in [1.82, 2.24) is 25.1 Å². The molecule has 2 heterocycles. The van der Waals surface area contributed by atoms with Crippen LogP contribution >= 0.6 is 0 Å². The maximum Gasteiger partial charge on any atom is 0.227 e. The first-order chi connectivity index (χ1) is 12.7. The van der Waals surface area contributed by atoms with Crippen LogP contribution < -0.4 is 4.90 Å². The Balaban J connectivity index is 1.69. The van der Waals surface area contributed by atoms with Crippen LogP contribution in [0.2, 0.25) is 0 Å². The van der Waals surface area contributed by atoms with Gasteiger partial charge in [-0.15, -0.1) is 10.2 Å². The zero-order valence-corrected chi connectivity index (χ0v) is 15.4. The standard InChI is InChI=1S/C18H26N6O2/c1-3-18(25)24(15-7-5-4-6-8-15)16-9-10-22(13-17(16)26-2)11-12-23-20-14-19-21-23/h4-8,14,16-17H,3,9-13H2,1-2H3. The minimum absolute atomic E-state index is 0.0376. The van der Waals surface area contributed by atoms with Gasteiger partial charge in [-0.25, -0.2) is 0 Å². The van der Waals surface area contributed by atoms with E-state index in [0.717, 1.165) is 31.7 Å². The molecule has 8 heteroatoms. The number of hydrogen-bond acceptors (Lipinski definition) is 6. The summed E-state index contributed by atoms with van der Waals surface area (Å²) in [5.74, 6) is 0.128. The van der Waals surface area contributed by atoms with E-state index in [4.69, 9.17) is 4.74 Å². The molecular weight excluding hydrogens is 332 g/mol. The molecule has 3 rings (SSSR count). The van der Waals surface area contributed by atoms with Gasteiger partial charge in [0.15, 0.2) is 6.33 Å². The quantitative estimate of drug-likeness (QED) is 0.740. The van der Waals surface area contributed by atoms with E-state index in [1.54, 1.807) is 11.9 Å². The minimum atomic E-state index is -0.0387. The van der Waals surface area contributed by atoms with Crippen molar-refractivity contribution < 1.29 is 9.53 Å². The zero-order valence-electron chi connectivity index (χ0n) is 15.4. The molecule has 0 N–H and O–H groups in total. The lowest BCUT2D eigenvalue weighted by atomic mass is 9.98. The number of ether oxygens (including phenoxy) is 1. The molecule has 26 heavy (non-hydrogen) atoms. The number of methoxy groups -OCH3 is 1. The monoisotopic (exact) mass is 358 g/mol. The number of rotatable bonds is 7. The van der Waals surface area contributed by atoms with Crippen molar-refractivity contribution in [2.24, 2.45) is 0 Å². The van der Waals surface area contributed by atoms with Crippen molar-refractivity contribution >= 4 is 11.6 Å². The number of tetrazole rings is 1. The van der Waals surface area contributed by atoms with Crippen LogP contribution in [-0.2, 0) is 16.1 Å². The number of amides is 1. The average Bonchev–Trinajstić information content (AvgIpc) is 3.21. The van der Waals surface area contributed by atoms with E-state index in [1.165, 1.54) is 6.33 Å². The van der Waals surface area contributed by atoms with Crippen LogP contribution in [0.15, 0.2) is 36.7 Å². The van der Waals surface area contributed by atoms with E-state index < -0.39 is 0 Å². The van der Waals surface area contributed by atoms with Crippen LogP contribution in [0, 0.1) is 0 Å². The van der Waals surface area contributed by atoms with Crippen molar-refractivity contribution in [1.29, 1.82) is 0 Å². The summed E-state index contributed by atoms with van der Waals surface area (Å²) in [5.41, 5.74) is 0.937. The maximum atomic E-state index is 12.7. The van der Waals surface area contributed by atoms with Crippen LogP contribution in [0.4, 0.5) is 5.69 Å². The third kappa shape index (κ3) is 4.25. The van der Waals surface area contributed by atoms with E-state index in [-0.39, 0.29) is 18.1 Å². The molecule has 8 nitrogen and oxygen atoms in total. The van der Waals surface area contributed by atoms with Crippen molar-refractivity contribution in [2.75, 3.05) is 31.6 Å². The highest BCUT2D eigenvalue weighted by Crippen LogP contribution is 2.26. The first-order valence-electron chi connectivity index (χ1n) is 9.06. The largest absolute Gasteiger partial charge is 0.378 e. The molecule has 0 aliphatic carbocycles. The number of para-hydroxylation sites is 1. The fraction of sp³-hybridized carbons (Fsp3) is 0.556. The molecular formula is C18H26N6O2. The van der Waals surface area contributed by atoms with Crippen LogP contribution in [0.1, 0.15) is 19.8 Å². The lowest BCUT2D eigenvalue weighted by molar-refractivity contribution is -0.120. The Morgan fingerprint density at radius 1 is 1.31 bits per heavy atom. The fourth-order valence-corrected chi connectivity index (χ4v) is 3.50. The first kappa shape index (κ1) is 18.5. The lowest BCUT2D eigenvalue weighted by Gasteiger charge is -2.43. The van der Waals surface area contributed by atoms with Crippen molar-refractivity contribution in [3.05, 3.63) is 36.7 Å². The summed E-state index contributed by atoms with van der Waals surface area (Å²) in [7, 11) is 1.72. The topological polar surface area (TPSA) is 76.4 Å². The number of benzene rings is 1. The number of aromatic nitrogens is 4. The highest BCUT2D eigenvalue weighted by atomic mass is 16.5. The highest BCUT2D eigenvalue weighted by Gasteiger charge is 2.36. The Labute approximate surface area is 153 Å². The third-order valence-electron chi connectivity index (χ3n) is 4.86. The van der Waals surface area contributed by atoms with Gasteiger partial charge in [0.05, 0.1) is 18.7 Å². The fourth-order valence-electron chi connectivity index (χ4n) is 3.50. The predicted molar refractivity (Wildman–Crippen MR) is 97.7 cm³/mol. The lowest BCUT2D eigenvalue weighted by Crippen LogP contribution is -2.57. The number of carbonyl (C=O) groups is 1. The van der Waals surface area contributed by atoms with E-state index in [1.807, 2.05) is 42.2 Å². The van der Waals surface area contributed by atoms with Gasteiger partial charge in [-0.05, 0) is 23.8 Å². The molecule has 1 amide bonds. The normalized spacial score (nSPS) is 20.8. The SMILES string of the molecule is CCC(=O)N(c1ccccc1)C1CCN(CCn2ncnn2)CC1OC. The molecule has 0 spiro atoms. The zero-order chi connectivity index (χ0) is 18.4. The van der Waals surface area contributed by atoms with Crippen LogP contribution in [0.3, 0.4) is 0 Å². The van der Waals surface area contributed by atoms with Gasteiger partial charge >= 0.3 is 0 Å². The molecule has 0 radical (unpaired) electrons. The molecule has 2 aromatic rings. The number of nitrogens with zero attached hydrogens (tertiary/aromatic N) is 6. The van der Waals surface area contributed by atoms with Gasteiger partial charge in [0, 0.05) is 38.9 Å². The third-order valence-corrected chi connectivity index (χ3v) is 4.86. The molecule has 140 valence electrons. The number of likely N-dealkylation sites (tertiary alicyclic amines) is 1. The molecule has 1 fully saturated rings. The van der Waals surface area contributed by atoms with Gasteiger partial charge in [-0.1, -0.05) is 25.1 Å². The summed E-state index contributed by atoms with van der Waals surface area (Å²) in [6.45, 7) is 5.10. The van der Waals surface area contributed by atoms with Gasteiger partial charge in [-0.3, -0.25) is 9.69 Å². The van der Waals surface area contributed by atoms with Gasteiger partial charge in [0.2, 0.25) is 5.91 Å². The maximum absolute atomic E-state index is 12.7. The Hall–Kier alpha value is -2.32. The highest BCUT2D eigenvalue weighted by molar-refractivity contribution is 5.93. The summed E-state index contributed by atoms with van der Waals surface area (Å²) in [6, 6.07) is 9.91. The molecule has 1 aliphatic rings. The minimum Gasteiger partial charge on any atom is -0.378 e. The van der Waals surface area contributed by atoms with Crippen LogP contribution in [-0.4, -0.2) is 69.9 Å². The molecule has 0 saturated carbocycles. The second-order valence-electron chi connectivity index (χ2n) is 6.42. The van der Waals surface area contributed by atoms with E-state index in [9.17, 15) is 4.79 Å².